The lowest BCUT2D eigenvalue weighted by Crippen LogP contribution is -2.11. The maximum atomic E-state index is 10.4. The van der Waals surface area contributed by atoms with Crippen molar-refractivity contribution in [2.75, 3.05) is 0 Å². The van der Waals surface area contributed by atoms with Crippen LogP contribution in [0.5, 0.6) is 0 Å². The number of hydrogen-bond acceptors (Lipinski definition) is 1. The zero-order valence-electron chi connectivity index (χ0n) is 12.9. The molecule has 0 radical (unpaired) electrons. The SMILES string of the molecule is OC1CCCc2c(-c3ccccc3)cc(-c3ccccc3)[o+]c21. The average Bonchev–Trinajstić information content (AvgIpc) is 2.63. The topological polar surface area (TPSA) is 31.5 Å². The zero-order chi connectivity index (χ0) is 15.6. The van der Waals surface area contributed by atoms with Crippen LogP contribution in [0.2, 0.25) is 0 Å². The van der Waals surface area contributed by atoms with Gasteiger partial charge in [-0.1, -0.05) is 48.5 Å². The predicted octanol–water partition coefficient (Wildman–Crippen LogP) is 5.26. The second-order valence-corrected chi connectivity index (χ2v) is 6.01. The molecule has 1 unspecified atom stereocenters. The second kappa shape index (κ2) is 5.98. The Morgan fingerprint density at radius 2 is 1.52 bits per heavy atom. The van der Waals surface area contributed by atoms with Crippen molar-refractivity contribution >= 4 is 0 Å². The molecule has 114 valence electrons. The molecule has 4 rings (SSSR count). The molecule has 1 heterocycles. The van der Waals surface area contributed by atoms with E-state index in [0.717, 1.165) is 41.9 Å². The highest BCUT2D eigenvalue weighted by Crippen LogP contribution is 2.39. The van der Waals surface area contributed by atoms with Crippen molar-refractivity contribution < 1.29 is 9.52 Å². The van der Waals surface area contributed by atoms with Crippen LogP contribution in [0.1, 0.15) is 30.3 Å². The van der Waals surface area contributed by atoms with Gasteiger partial charge in [0.1, 0.15) is 0 Å². The third-order valence-electron chi connectivity index (χ3n) is 4.47. The maximum Gasteiger partial charge on any atom is 0.361 e. The number of fused-ring (bicyclic) bond motifs is 1. The summed E-state index contributed by atoms with van der Waals surface area (Å²) in [5.41, 5.74) is 4.52. The van der Waals surface area contributed by atoms with Gasteiger partial charge in [0.15, 0.2) is 6.10 Å². The molecule has 2 nitrogen and oxygen atoms in total. The Kier molecular flexibility index (Phi) is 3.68. The van der Waals surface area contributed by atoms with Crippen LogP contribution in [-0.4, -0.2) is 5.11 Å². The monoisotopic (exact) mass is 303 g/mol. The molecule has 3 aromatic rings. The fraction of sp³-hybridized carbons (Fsp3) is 0.190. The predicted molar refractivity (Wildman–Crippen MR) is 91.9 cm³/mol. The summed E-state index contributed by atoms with van der Waals surface area (Å²) >= 11 is 0. The molecule has 0 bridgehead atoms. The van der Waals surface area contributed by atoms with E-state index in [1.807, 2.05) is 48.5 Å². The Hall–Kier alpha value is -2.45. The third-order valence-corrected chi connectivity index (χ3v) is 4.47. The molecule has 2 aromatic carbocycles. The molecule has 1 atom stereocenters. The largest absolute Gasteiger partial charge is 0.379 e. The fourth-order valence-electron chi connectivity index (χ4n) is 3.31. The average molecular weight is 303 g/mol. The van der Waals surface area contributed by atoms with Crippen LogP contribution >= 0.6 is 0 Å². The van der Waals surface area contributed by atoms with Crippen molar-refractivity contribution in [3.63, 3.8) is 0 Å². The number of aliphatic hydroxyl groups excluding tert-OH is 1. The van der Waals surface area contributed by atoms with Crippen LogP contribution in [0.15, 0.2) is 71.1 Å². The van der Waals surface area contributed by atoms with E-state index in [2.05, 4.69) is 18.2 Å². The van der Waals surface area contributed by atoms with Gasteiger partial charge in [0.05, 0.1) is 17.2 Å². The number of aliphatic hydroxyl groups is 1. The molecule has 2 heteroatoms. The summed E-state index contributed by atoms with van der Waals surface area (Å²) in [7, 11) is 0. The normalized spacial score (nSPS) is 16.8. The van der Waals surface area contributed by atoms with E-state index in [1.54, 1.807) is 0 Å². The quantitative estimate of drug-likeness (QED) is 0.654. The van der Waals surface area contributed by atoms with E-state index in [1.165, 1.54) is 11.1 Å². The minimum Gasteiger partial charge on any atom is -0.379 e. The molecule has 1 N–H and O–H groups in total. The number of rotatable bonds is 2. The van der Waals surface area contributed by atoms with Crippen LogP contribution in [-0.2, 0) is 6.42 Å². The summed E-state index contributed by atoms with van der Waals surface area (Å²) in [5.74, 6) is 1.54. The highest BCUT2D eigenvalue weighted by molar-refractivity contribution is 5.73. The Bertz CT molecular complexity index is 810. The van der Waals surface area contributed by atoms with E-state index in [4.69, 9.17) is 4.42 Å². The van der Waals surface area contributed by atoms with E-state index < -0.39 is 6.10 Å². The van der Waals surface area contributed by atoms with Gasteiger partial charge in [0, 0.05) is 5.56 Å². The van der Waals surface area contributed by atoms with Crippen molar-refractivity contribution in [3.05, 3.63) is 78.1 Å². The van der Waals surface area contributed by atoms with Gasteiger partial charge in [-0.3, -0.25) is 0 Å². The van der Waals surface area contributed by atoms with Gasteiger partial charge in [-0.2, -0.15) is 0 Å². The third kappa shape index (κ3) is 2.66. The lowest BCUT2D eigenvalue weighted by molar-refractivity contribution is 0.127. The molecule has 0 aliphatic heterocycles. The molecule has 0 amide bonds. The summed E-state index contributed by atoms with van der Waals surface area (Å²) in [6, 6.07) is 22.5. The highest BCUT2D eigenvalue weighted by Gasteiger charge is 2.34. The summed E-state index contributed by atoms with van der Waals surface area (Å²) in [6.07, 6.45) is 2.21. The minimum absolute atomic E-state index is 0.509. The smallest absolute Gasteiger partial charge is 0.361 e. The first-order chi connectivity index (χ1) is 11.3. The lowest BCUT2D eigenvalue weighted by Gasteiger charge is -2.16. The Morgan fingerprint density at radius 1 is 0.870 bits per heavy atom. The van der Waals surface area contributed by atoms with Crippen LogP contribution in [0.25, 0.3) is 22.5 Å². The molecule has 23 heavy (non-hydrogen) atoms. The highest BCUT2D eigenvalue weighted by atomic mass is 16.4. The molecular formula is C21H19O2+. The number of benzene rings is 2. The summed E-state index contributed by atoms with van der Waals surface area (Å²) < 4.78 is 6.11. The summed E-state index contributed by atoms with van der Waals surface area (Å²) in [6.45, 7) is 0. The molecule has 0 saturated heterocycles. The first-order valence-electron chi connectivity index (χ1n) is 8.12. The van der Waals surface area contributed by atoms with Crippen molar-refractivity contribution in [3.8, 4) is 22.5 Å². The van der Waals surface area contributed by atoms with E-state index in [-0.39, 0.29) is 0 Å². The first-order valence-corrected chi connectivity index (χ1v) is 8.12. The van der Waals surface area contributed by atoms with Gasteiger partial charge in [0.2, 0.25) is 0 Å². The van der Waals surface area contributed by atoms with Crippen molar-refractivity contribution in [2.45, 2.75) is 25.4 Å². The Balaban J connectivity index is 1.95. The molecule has 1 aliphatic carbocycles. The Labute approximate surface area is 136 Å². The van der Waals surface area contributed by atoms with Crippen LogP contribution in [0.4, 0.5) is 0 Å². The second-order valence-electron chi connectivity index (χ2n) is 6.01. The van der Waals surface area contributed by atoms with Gasteiger partial charge in [0.25, 0.3) is 0 Å². The van der Waals surface area contributed by atoms with Crippen molar-refractivity contribution in [2.24, 2.45) is 0 Å². The van der Waals surface area contributed by atoms with Crippen molar-refractivity contribution in [1.82, 2.24) is 0 Å². The van der Waals surface area contributed by atoms with Gasteiger partial charge in [-0.05, 0) is 37.0 Å². The molecular weight excluding hydrogens is 284 g/mol. The zero-order valence-corrected chi connectivity index (χ0v) is 12.9. The van der Waals surface area contributed by atoms with Gasteiger partial charge in [-0.25, -0.2) is 4.42 Å². The molecule has 0 spiro atoms. The van der Waals surface area contributed by atoms with E-state index in [0.29, 0.717) is 0 Å². The van der Waals surface area contributed by atoms with Gasteiger partial charge >= 0.3 is 11.5 Å². The lowest BCUT2D eigenvalue weighted by atomic mass is 9.88. The minimum atomic E-state index is -0.509. The summed E-state index contributed by atoms with van der Waals surface area (Å²) in [4.78, 5) is 0. The Morgan fingerprint density at radius 3 is 2.22 bits per heavy atom. The maximum absolute atomic E-state index is 10.4. The standard InChI is InChI=1S/C21H19O2/c22-19-13-7-12-17-18(15-8-3-1-4-9-15)14-20(23-21(17)19)16-10-5-2-6-11-16/h1-6,8-11,14,19,22H,7,12-13H2/q+1. The number of hydrogen-bond donors (Lipinski definition) is 1. The van der Waals surface area contributed by atoms with Crippen LogP contribution < -0.4 is 0 Å². The first kappa shape index (κ1) is 14.2. The van der Waals surface area contributed by atoms with Crippen LogP contribution in [0.3, 0.4) is 0 Å². The van der Waals surface area contributed by atoms with Crippen LogP contribution in [0, 0.1) is 0 Å². The van der Waals surface area contributed by atoms with E-state index in [9.17, 15) is 5.11 Å². The molecule has 1 aromatic heterocycles. The van der Waals surface area contributed by atoms with Crippen molar-refractivity contribution in [1.29, 1.82) is 0 Å². The molecule has 0 fully saturated rings. The molecule has 1 aliphatic rings. The van der Waals surface area contributed by atoms with Gasteiger partial charge < -0.3 is 5.11 Å². The fourth-order valence-corrected chi connectivity index (χ4v) is 3.31. The summed E-state index contributed by atoms with van der Waals surface area (Å²) in [5, 5.41) is 10.4. The van der Waals surface area contributed by atoms with E-state index >= 15 is 0 Å². The molecule has 0 saturated carbocycles. The van der Waals surface area contributed by atoms with Gasteiger partial charge in [-0.15, -0.1) is 0 Å².